The summed E-state index contributed by atoms with van der Waals surface area (Å²) >= 11 is 0. The fraction of sp³-hybridized carbons (Fsp3) is 0. The zero-order chi connectivity index (χ0) is 29.9. The van der Waals surface area contributed by atoms with Crippen LogP contribution in [-0.2, 0) is 0 Å². The van der Waals surface area contributed by atoms with Crippen LogP contribution in [-0.4, -0.2) is 9.55 Å². The standard InChI is InChI=1S/C43H24N2O/c1-2-8-30-25(7-1)13-16-34-35-22-26(27-15-18-40-36(23-27)32-10-5-6-12-39(32)46-40)14-17-38(35)45(43(30)34)29-21-28-19-20-44-42-33-11-4-3-9-31(33)37(24-29)41(28)42/h1-24H. The van der Waals surface area contributed by atoms with E-state index in [4.69, 9.17) is 9.40 Å². The Morgan fingerprint density at radius 2 is 1.24 bits per heavy atom. The van der Waals surface area contributed by atoms with Crippen molar-refractivity contribution in [2.75, 3.05) is 0 Å². The van der Waals surface area contributed by atoms with E-state index in [2.05, 4.69) is 132 Å². The summed E-state index contributed by atoms with van der Waals surface area (Å²) in [6.45, 7) is 0. The number of hydrogen-bond acceptors (Lipinski definition) is 2. The molecule has 0 bridgehead atoms. The van der Waals surface area contributed by atoms with Crippen LogP contribution < -0.4 is 0 Å². The molecule has 1 aliphatic carbocycles. The minimum atomic E-state index is 0.915. The number of rotatable bonds is 2. The van der Waals surface area contributed by atoms with E-state index in [0.717, 1.165) is 33.3 Å². The van der Waals surface area contributed by atoms with Gasteiger partial charge in [-0.2, -0.15) is 0 Å². The molecular weight excluding hydrogens is 560 g/mol. The Labute approximate surface area is 263 Å². The molecule has 3 nitrogen and oxygen atoms in total. The van der Waals surface area contributed by atoms with E-state index in [0.29, 0.717) is 0 Å². The number of aromatic nitrogens is 2. The van der Waals surface area contributed by atoms with Crippen molar-refractivity contribution in [1.82, 2.24) is 9.55 Å². The Balaban J connectivity index is 1.21. The zero-order valence-electron chi connectivity index (χ0n) is 24.7. The lowest BCUT2D eigenvalue weighted by molar-refractivity contribution is 0.669. The predicted molar refractivity (Wildman–Crippen MR) is 191 cm³/mol. The first-order chi connectivity index (χ1) is 22.8. The molecule has 0 aliphatic heterocycles. The number of para-hydroxylation sites is 1. The maximum atomic E-state index is 6.13. The molecule has 0 spiro atoms. The van der Waals surface area contributed by atoms with Crippen LogP contribution in [0.15, 0.2) is 150 Å². The van der Waals surface area contributed by atoms with Gasteiger partial charge in [0.1, 0.15) is 11.2 Å². The Hall–Kier alpha value is -6.19. The molecule has 3 heteroatoms. The smallest absolute Gasteiger partial charge is 0.135 e. The molecule has 3 heterocycles. The van der Waals surface area contributed by atoms with Gasteiger partial charge in [-0.15, -0.1) is 0 Å². The first kappa shape index (κ1) is 24.2. The van der Waals surface area contributed by atoms with Gasteiger partial charge < -0.3 is 8.98 Å². The largest absolute Gasteiger partial charge is 0.456 e. The molecule has 0 radical (unpaired) electrons. The van der Waals surface area contributed by atoms with Crippen molar-refractivity contribution < 1.29 is 4.42 Å². The lowest BCUT2D eigenvalue weighted by atomic mass is 10.00. The number of hydrogen-bond donors (Lipinski definition) is 0. The first-order valence-electron chi connectivity index (χ1n) is 15.7. The molecule has 11 rings (SSSR count). The molecule has 0 fully saturated rings. The van der Waals surface area contributed by atoms with Crippen LogP contribution >= 0.6 is 0 Å². The molecule has 10 aromatic rings. The molecule has 3 aromatic heterocycles. The fourth-order valence-corrected chi connectivity index (χ4v) is 7.91. The van der Waals surface area contributed by atoms with Crippen LogP contribution in [0.1, 0.15) is 0 Å². The Bertz CT molecular complexity index is 2920. The summed E-state index contributed by atoms with van der Waals surface area (Å²) in [5, 5.41) is 9.71. The van der Waals surface area contributed by atoms with E-state index >= 15 is 0 Å². The van der Waals surface area contributed by atoms with Crippen LogP contribution in [0.25, 0.3) is 104 Å². The Morgan fingerprint density at radius 1 is 0.478 bits per heavy atom. The van der Waals surface area contributed by atoms with Gasteiger partial charge in [0, 0.05) is 49.8 Å². The first-order valence-corrected chi connectivity index (χ1v) is 15.7. The molecule has 0 saturated carbocycles. The average molecular weight is 585 g/mol. The highest BCUT2D eigenvalue weighted by molar-refractivity contribution is 6.20. The molecule has 0 saturated heterocycles. The summed E-state index contributed by atoms with van der Waals surface area (Å²) in [5.41, 5.74) is 12.6. The number of benzene rings is 7. The van der Waals surface area contributed by atoms with Crippen LogP contribution in [0.4, 0.5) is 0 Å². The minimum Gasteiger partial charge on any atom is -0.456 e. The van der Waals surface area contributed by atoms with E-state index in [-0.39, 0.29) is 0 Å². The van der Waals surface area contributed by atoms with Crippen molar-refractivity contribution in [1.29, 1.82) is 0 Å². The van der Waals surface area contributed by atoms with Crippen LogP contribution in [0, 0.1) is 0 Å². The van der Waals surface area contributed by atoms with Gasteiger partial charge in [-0.1, -0.05) is 91.0 Å². The molecule has 0 atom stereocenters. The highest BCUT2D eigenvalue weighted by atomic mass is 16.3. The molecule has 0 N–H and O–H groups in total. The van der Waals surface area contributed by atoms with Gasteiger partial charge in [-0.05, 0) is 81.6 Å². The van der Waals surface area contributed by atoms with Crippen molar-refractivity contribution in [3.05, 3.63) is 146 Å². The molecule has 0 amide bonds. The zero-order valence-corrected chi connectivity index (χ0v) is 24.7. The van der Waals surface area contributed by atoms with Gasteiger partial charge in [0.25, 0.3) is 0 Å². The Kier molecular flexibility index (Phi) is 4.58. The van der Waals surface area contributed by atoms with E-state index in [1.807, 2.05) is 18.3 Å². The SMILES string of the molecule is c1ccc2c(c1)-c1cc(-n3c4ccc(-c5ccc6oc7ccccc7c6c5)cc4c4ccc5ccccc5c43)cc3ccnc-2c13. The van der Waals surface area contributed by atoms with Gasteiger partial charge in [0.15, 0.2) is 0 Å². The molecule has 212 valence electrons. The highest BCUT2D eigenvalue weighted by Crippen LogP contribution is 2.48. The minimum absolute atomic E-state index is 0.915. The third-order valence-electron chi connectivity index (χ3n) is 9.94. The summed E-state index contributed by atoms with van der Waals surface area (Å²) in [7, 11) is 0. The number of furan rings is 1. The third-order valence-corrected chi connectivity index (χ3v) is 9.94. The molecule has 7 aromatic carbocycles. The highest BCUT2D eigenvalue weighted by Gasteiger charge is 2.24. The maximum Gasteiger partial charge on any atom is 0.135 e. The molecule has 46 heavy (non-hydrogen) atoms. The van der Waals surface area contributed by atoms with E-state index in [9.17, 15) is 0 Å². The monoisotopic (exact) mass is 584 g/mol. The van der Waals surface area contributed by atoms with Crippen molar-refractivity contribution in [2.45, 2.75) is 0 Å². The van der Waals surface area contributed by atoms with Gasteiger partial charge in [0.05, 0.1) is 16.7 Å². The van der Waals surface area contributed by atoms with E-state index < -0.39 is 0 Å². The van der Waals surface area contributed by atoms with Crippen molar-refractivity contribution >= 4 is 65.3 Å². The average Bonchev–Trinajstić information content (AvgIpc) is 3.76. The number of pyridine rings is 1. The van der Waals surface area contributed by atoms with Crippen molar-refractivity contribution in [3.8, 4) is 39.2 Å². The van der Waals surface area contributed by atoms with Crippen LogP contribution in [0.5, 0.6) is 0 Å². The molecule has 0 unspecified atom stereocenters. The summed E-state index contributed by atoms with van der Waals surface area (Å²) in [6.07, 6.45) is 1.95. The maximum absolute atomic E-state index is 6.13. The summed E-state index contributed by atoms with van der Waals surface area (Å²) in [5.74, 6) is 0. The summed E-state index contributed by atoms with van der Waals surface area (Å²) in [4.78, 5) is 4.81. The van der Waals surface area contributed by atoms with Gasteiger partial charge in [0.2, 0.25) is 0 Å². The molecule has 1 aliphatic rings. The quantitative estimate of drug-likeness (QED) is 0.202. The number of fused-ring (bicyclic) bond motifs is 11. The third kappa shape index (κ3) is 3.14. The van der Waals surface area contributed by atoms with Crippen molar-refractivity contribution in [2.24, 2.45) is 0 Å². The summed E-state index contributed by atoms with van der Waals surface area (Å²) < 4.78 is 8.60. The Morgan fingerprint density at radius 3 is 2.17 bits per heavy atom. The number of nitrogens with zero attached hydrogens (tertiary/aromatic N) is 2. The normalized spacial score (nSPS) is 12.3. The topological polar surface area (TPSA) is 31.0 Å². The second kappa shape index (κ2) is 8.71. The fourth-order valence-electron chi connectivity index (χ4n) is 7.91. The lowest BCUT2D eigenvalue weighted by Crippen LogP contribution is -1.96. The van der Waals surface area contributed by atoms with Gasteiger partial charge in [-0.25, -0.2) is 0 Å². The summed E-state index contributed by atoms with van der Waals surface area (Å²) in [6, 6.07) is 50.5. The second-order valence-corrected chi connectivity index (χ2v) is 12.4. The molecular formula is C43H24N2O. The van der Waals surface area contributed by atoms with E-state index in [1.54, 1.807) is 0 Å². The van der Waals surface area contributed by atoms with Gasteiger partial charge >= 0.3 is 0 Å². The van der Waals surface area contributed by atoms with Gasteiger partial charge in [-0.3, -0.25) is 4.98 Å². The van der Waals surface area contributed by atoms with Crippen LogP contribution in [0.3, 0.4) is 0 Å². The second-order valence-electron chi connectivity index (χ2n) is 12.4. The van der Waals surface area contributed by atoms with Crippen LogP contribution in [0.2, 0.25) is 0 Å². The lowest BCUT2D eigenvalue weighted by Gasteiger charge is -2.13. The van der Waals surface area contributed by atoms with Crippen molar-refractivity contribution in [3.63, 3.8) is 0 Å². The van der Waals surface area contributed by atoms with E-state index in [1.165, 1.54) is 71.2 Å². The predicted octanol–water partition coefficient (Wildman–Crippen LogP) is 11.7.